The first-order valence-electron chi connectivity index (χ1n) is 7.57. The first-order valence-corrected chi connectivity index (χ1v) is 7.57. The Hall–Kier alpha value is -2.96. The molecule has 3 rings (SSSR count). The predicted octanol–water partition coefficient (Wildman–Crippen LogP) is 2.34. The number of nitrogens with zero attached hydrogens (tertiary/aromatic N) is 3. The maximum Gasteiger partial charge on any atom is 0.335 e. The van der Waals surface area contributed by atoms with Gasteiger partial charge in [-0.05, 0) is 26.3 Å². The number of carbonyl (C=O) groups is 3. The predicted molar refractivity (Wildman–Crippen MR) is 83.6 cm³/mol. The van der Waals surface area contributed by atoms with Crippen molar-refractivity contribution in [3.63, 3.8) is 0 Å². The highest BCUT2D eigenvalue weighted by atomic mass is 16.4. The Morgan fingerprint density at radius 3 is 2.33 bits per heavy atom. The number of oxazole rings is 1. The number of benzene rings is 1. The van der Waals surface area contributed by atoms with Crippen LogP contribution in [0.1, 0.15) is 35.9 Å². The minimum atomic E-state index is -0.865. The van der Waals surface area contributed by atoms with Crippen LogP contribution in [0, 0.1) is 13.8 Å². The number of imide groups is 2. The molecule has 1 unspecified atom stereocenters. The first kappa shape index (κ1) is 15.9. The van der Waals surface area contributed by atoms with Gasteiger partial charge in [0.25, 0.3) is 0 Å². The molecule has 124 valence electrons. The lowest BCUT2D eigenvalue weighted by Gasteiger charge is -2.22. The van der Waals surface area contributed by atoms with Crippen molar-refractivity contribution in [1.29, 1.82) is 0 Å². The van der Waals surface area contributed by atoms with Crippen molar-refractivity contribution in [2.75, 3.05) is 0 Å². The van der Waals surface area contributed by atoms with Crippen molar-refractivity contribution in [2.45, 2.75) is 33.4 Å². The second kappa shape index (κ2) is 5.92. The molecule has 1 aromatic heterocycles. The summed E-state index contributed by atoms with van der Waals surface area (Å²) in [5.74, 6) is -0.855. The average molecular weight is 327 g/mol. The van der Waals surface area contributed by atoms with E-state index in [1.807, 2.05) is 18.2 Å². The van der Waals surface area contributed by atoms with Crippen LogP contribution in [0.5, 0.6) is 0 Å². The van der Waals surface area contributed by atoms with Crippen molar-refractivity contribution >= 4 is 17.8 Å². The van der Waals surface area contributed by atoms with Crippen LogP contribution in [-0.4, -0.2) is 32.6 Å². The topological polar surface area (TPSA) is 83.7 Å². The molecular weight excluding hydrogens is 310 g/mol. The molecule has 7 nitrogen and oxygen atoms in total. The third-order valence-corrected chi connectivity index (χ3v) is 4.12. The lowest BCUT2D eigenvalue weighted by atomic mass is 10.1. The summed E-state index contributed by atoms with van der Waals surface area (Å²) in [7, 11) is 0. The van der Waals surface area contributed by atoms with Crippen LogP contribution in [0.3, 0.4) is 0 Å². The second-order valence-corrected chi connectivity index (χ2v) is 5.68. The zero-order valence-electron chi connectivity index (χ0n) is 13.6. The Labute approximate surface area is 138 Å². The molecule has 24 heavy (non-hydrogen) atoms. The van der Waals surface area contributed by atoms with Gasteiger partial charge >= 0.3 is 17.8 Å². The number of amides is 4. The van der Waals surface area contributed by atoms with Gasteiger partial charge in [-0.2, -0.15) is 0 Å². The maximum atomic E-state index is 12.6. The molecule has 1 atom stereocenters. The molecule has 4 amide bonds. The molecule has 2 aromatic rings. The molecule has 0 radical (unpaired) electrons. The summed E-state index contributed by atoms with van der Waals surface area (Å²) in [4.78, 5) is 43.0. The summed E-state index contributed by atoms with van der Waals surface area (Å²) >= 11 is 0. The maximum absolute atomic E-state index is 12.6. The van der Waals surface area contributed by atoms with Crippen LogP contribution in [-0.2, 0) is 16.1 Å². The molecule has 7 heteroatoms. The van der Waals surface area contributed by atoms with E-state index in [0.717, 1.165) is 15.4 Å². The Balaban J connectivity index is 1.85. The van der Waals surface area contributed by atoms with Gasteiger partial charge in [-0.15, -0.1) is 0 Å². The fourth-order valence-corrected chi connectivity index (χ4v) is 2.63. The summed E-state index contributed by atoms with van der Waals surface area (Å²) in [6, 6.07) is 7.89. The van der Waals surface area contributed by atoms with Crippen molar-refractivity contribution in [1.82, 2.24) is 14.8 Å². The summed E-state index contributed by atoms with van der Waals surface area (Å²) in [6.07, 6.45) is 0. The molecule has 2 heterocycles. The summed E-state index contributed by atoms with van der Waals surface area (Å²) in [5.41, 5.74) is 1.46. The fourth-order valence-electron chi connectivity index (χ4n) is 2.63. The van der Waals surface area contributed by atoms with Gasteiger partial charge in [0.1, 0.15) is 12.3 Å². The number of rotatable bonds is 4. The molecule has 1 aliphatic heterocycles. The van der Waals surface area contributed by atoms with E-state index >= 15 is 0 Å². The third-order valence-electron chi connectivity index (χ3n) is 4.12. The Kier molecular flexibility index (Phi) is 3.92. The normalized spacial score (nSPS) is 16.2. The van der Waals surface area contributed by atoms with Gasteiger partial charge in [0.2, 0.25) is 5.89 Å². The Morgan fingerprint density at radius 2 is 1.75 bits per heavy atom. The standard InChI is InChI=1S/C17H17N3O4/c1-10-12(3)24-14(18-10)9-19-15(21)16(22)20(17(19)23)11(2)13-7-5-4-6-8-13/h4-8,11H,9H2,1-3H3. The minimum absolute atomic E-state index is 0.157. The van der Waals surface area contributed by atoms with Crippen molar-refractivity contribution in [2.24, 2.45) is 0 Å². The van der Waals surface area contributed by atoms with E-state index in [1.165, 1.54) is 0 Å². The molecule has 0 saturated carbocycles. The number of carbonyl (C=O) groups excluding carboxylic acids is 3. The second-order valence-electron chi connectivity index (χ2n) is 5.68. The molecule has 0 aliphatic carbocycles. The molecule has 1 saturated heterocycles. The van der Waals surface area contributed by atoms with E-state index in [-0.39, 0.29) is 12.4 Å². The summed E-state index contributed by atoms with van der Waals surface area (Å²) < 4.78 is 5.40. The molecule has 1 aromatic carbocycles. The van der Waals surface area contributed by atoms with Crippen LogP contribution in [0.4, 0.5) is 4.79 Å². The van der Waals surface area contributed by atoms with Crippen LogP contribution < -0.4 is 0 Å². The number of hydrogen-bond donors (Lipinski definition) is 0. The van der Waals surface area contributed by atoms with Gasteiger partial charge in [0, 0.05) is 0 Å². The van der Waals surface area contributed by atoms with E-state index in [9.17, 15) is 14.4 Å². The highest BCUT2D eigenvalue weighted by Crippen LogP contribution is 2.27. The third kappa shape index (κ3) is 2.58. The van der Waals surface area contributed by atoms with Gasteiger partial charge < -0.3 is 4.42 Å². The van der Waals surface area contributed by atoms with Crippen LogP contribution >= 0.6 is 0 Å². The van der Waals surface area contributed by atoms with Gasteiger partial charge in [0.15, 0.2) is 0 Å². The molecular formula is C17H17N3O4. The van der Waals surface area contributed by atoms with Gasteiger partial charge in [-0.1, -0.05) is 30.3 Å². The highest BCUT2D eigenvalue weighted by Gasteiger charge is 2.47. The zero-order chi connectivity index (χ0) is 17.4. The van der Waals surface area contributed by atoms with E-state index in [0.29, 0.717) is 11.5 Å². The van der Waals surface area contributed by atoms with Crippen LogP contribution in [0.15, 0.2) is 34.7 Å². The van der Waals surface area contributed by atoms with Crippen molar-refractivity contribution in [3.05, 3.63) is 53.2 Å². The SMILES string of the molecule is Cc1nc(CN2C(=O)C(=O)N(C(C)c3ccccc3)C2=O)oc1C. The quantitative estimate of drug-likeness (QED) is 0.636. The largest absolute Gasteiger partial charge is 0.444 e. The monoisotopic (exact) mass is 327 g/mol. The lowest BCUT2D eigenvalue weighted by Crippen LogP contribution is -2.35. The summed E-state index contributed by atoms with van der Waals surface area (Å²) in [6.45, 7) is 5.07. The van der Waals surface area contributed by atoms with Gasteiger partial charge in [-0.3, -0.25) is 9.59 Å². The minimum Gasteiger partial charge on any atom is -0.444 e. The Bertz CT molecular complexity index is 793. The van der Waals surface area contributed by atoms with E-state index in [1.54, 1.807) is 32.9 Å². The van der Waals surface area contributed by atoms with Gasteiger partial charge in [-0.25, -0.2) is 19.6 Å². The highest BCUT2D eigenvalue weighted by molar-refractivity contribution is 6.44. The van der Waals surface area contributed by atoms with Crippen LogP contribution in [0.2, 0.25) is 0 Å². The summed E-state index contributed by atoms with van der Waals surface area (Å²) in [5, 5.41) is 0. The van der Waals surface area contributed by atoms with E-state index in [4.69, 9.17) is 4.42 Å². The molecule has 0 spiro atoms. The van der Waals surface area contributed by atoms with Crippen molar-refractivity contribution < 1.29 is 18.8 Å². The van der Waals surface area contributed by atoms with Crippen molar-refractivity contribution in [3.8, 4) is 0 Å². The molecule has 0 N–H and O–H groups in total. The van der Waals surface area contributed by atoms with Gasteiger partial charge in [0.05, 0.1) is 11.7 Å². The first-order chi connectivity index (χ1) is 11.4. The van der Waals surface area contributed by atoms with Crippen LogP contribution in [0.25, 0.3) is 0 Å². The average Bonchev–Trinajstić information content (AvgIpc) is 2.99. The number of urea groups is 1. The fraction of sp³-hybridized carbons (Fsp3) is 0.294. The molecule has 0 bridgehead atoms. The lowest BCUT2D eigenvalue weighted by molar-refractivity contribution is -0.144. The van der Waals surface area contributed by atoms with E-state index in [2.05, 4.69) is 4.98 Å². The number of aryl methyl sites for hydroxylation is 2. The Morgan fingerprint density at radius 1 is 1.08 bits per heavy atom. The number of hydrogen-bond acceptors (Lipinski definition) is 5. The molecule has 1 fully saturated rings. The van der Waals surface area contributed by atoms with E-state index < -0.39 is 23.9 Å². The zero-order valence-corrected chi connectivity index (χ0v) is 13.6. The smallest absolute Gasteiger partial charge is 0.335 e. The molecule has 1 aliphatic rings. The number of aromatic nitrogens is 1.